The molecular formula is C28H26ClN. The van der Waals surface area contributed by atoms with Crippen molar-refractivity contribution in [3.63, 3.8) is 0 Å². The van der Waals surface area contributed by atoms with Crippen LogP contribution in [0.15, 0.2) is 97.1 Å². The molecule has 0 saturated carbocycles. The van der Waals surface area contributed by atoms with Gasteiger partial charge in [0.25, 0.3) is 0 Å². The van der Waals surface area contributed by atoms with Gasteiger partial charge in [-0.1, -0.05) is 99.1 Å². The van der Waals surface area contributed by atoms with Gasteiger partial charge in [-0.05, 0) is 52.4 Å². The molecule has 0 spiro atoms. The van der Waals surface area contributed by atoms with Crippen LogP contribution in [0.3, 0.4) is 0 Å². The van der Waals surface area contributed by atoms with E-state index in [1.54, 1.807) is 0 Å². The summed E-state index contributed by atoms with van der Waals surface area (Å²) in [4.78, 5) is 0. The minimum atomic E-state index is 0.0294. The van der Waals surface area contributed by atoms with Crippen LogP contribution in [0.4, 0.5) is 11.4 Å². The van der Waals surface area contributed by atoms with Gasteiger partial charge in [-0.3, -0.25) is 0 Å². The van der Waals surface area contributed by atoms with Crippen molar-refractivity contribution in [3.05, 3.63) is 108 Å². The molecule has 150 valence electrons. The fourth-order valence-corrected chi connectivity index (χ4v) is 3.80. The maximum atomic E-state index is 6.27. The Morgan fingerprint density at radius 1 is 0.633 bits per heavy atom. The van der Waals surface area contributed by atoms with Crippen LogP contribution in [0, 0.1) is 0 Å². The van der Waals surface area contributed by atoms with Crippen molar-refractivity contribution in [2.75, 3.05) is 5.32 Å². The Morgan fingerprint density at radius 3 is 1.63 bits per heavy atom. The van der Waals surface area contributed by atoms with E-state index >= 15 is 0 Å². The standard InChI is InChI=1S/C28H26ClN/c1-28(2,3)22-17-25(20-11-6-4-7-12-20)27(30-24-16-10-15-23(29)19-24)26(18-22)21-13-8-5-9-14-21/h4-19,30H,1-3H3. The molecule has 0 radical (unpaired) electrons. The number of halogens is 1. The first-order valence-electron chi connectivity index (χ1n) is 10.2. The Bertz CT molecular complexity index is 1080. The normalized spacial score (nSPS) is 11.3. The van der Waals surface area contributed by atoms with Crippen molar-refractivity contribution in [3.8, 4) is 22.3 Å². The summed E-state index contributed by atoms with van der Waals surface area (Å²) in [7, 11) is 0. The molecule has 4 aromatic rings. The third-order valence-electron chi connectivity index (χ3n) is 5.27. The second kappa shape index (κ2) is 8.38. The Labute approximate surface area is 184 Å². The Balaban J connectivity index is 2.01. The Hall–Kier alpha value is -3.03. The van der Waals surface area contributed by atoms with E-state index < -0.39 is 0 Å². The van der Waals surface area contributed by atoms with Crippen molar-refractivity contribution in [2.45, 2.75) is 26.2 Å². The van der Waals surface area contributed by atoms with E-state index in [9.17, 15) is 0 Å². The molecule has 0 aliphatic heterocycles. The van der Waals surface area contributed by atoms with Gasteiger partial charge in [-0.15, -0.1) is 0 Å². The fourth-order valence-electron chi connectivity index (χ4n) is 3.61. The minimum absolute atomic E-state index is 0.0294. The summed E-state index contributed by atoms with van der Waals surface area (Å²) in [5.41, 5.74) is 8.13. The molecule has 0 aliphatic rings. The quantitative estimate of drug-likeness (QED) is 0.354. The predicted molar refractivity (Wildman–Crippen MR) is 131 cm³/mol. The van der Waals surface area contributed by atoms with Gasteiger partial charge in [0.2, 0.25) is 0 Å². The molecule has 0 fully saturated rings. The van der Waals surface area contributed by atoms with Gasteiger partial charge < -0.3 is 5.32 Å². The van der Waals surface area contributed by atoms with Crippen molar-refractivity contribution >= 4 is 23.0 Å². The Morgan fingerprint density at radius 2 is 1.17 bits per heavy atom. The van der Waals surface area contributed by atoms with Crippen molar-refractivity contribution in [2.24, 2.45) is 0 Å². The van der Waals surface area contributed by atoms with Gasteiger partial charge in [0.1, 0.15) is 0 Å². The summed E-state index contributed by atoms with van der Waals surface area (Å²) in [5.74, 6) is 0. The lowest BCUT2D eigenvalue weighted by atomic mass is 9.82. The third-order valence-corrected chi connectivity index (χ3v) is 5.50. The molecule has 1 nitrogen and oxygen atoms in total. The zero-order chi connectivity index (χ0) is 21.1. The molecule has 0 aliphatic carbocycles. The molecular weight excluding hydrogens is 386 g/mol. The number of benzene rings is 4. The summed E-state index contributed by atoms with van der Waals surface area (Å²) in [5, 5.41) is 4.39. The monoisotopic (exact) mass is 411 g/mol. The van der Waals surface area contributed by atoms with E-state index in [1.165, 1.54) is 27.8 Å². The van der Waals surface area contributed by atoms with E-state index in [-0.39, 0.29) is 5.41 Å². The van der Waals surface area contributed by atoms with Crippen LogP contribution in [0.5, 0.6) is 0 Å². The molecule has 30 heavy (non-hydrogen) atoms. The predicted octanol–water partition coefficient (Wildman–Crippen LogP) is 8.72. The lowest BCUT2D eigenvalue weighted by Crippen LogP contribution is -2.12. The molecule has 0 atom stereocenters. The number of nitrogens with one attached hydrogen (secondary N) is 1. The van der Waals surface area contributed by atoms with E-state index in [0.29, 0.717) is 5.02 Å². The molecule has 0 amide bonds. The fraction of sp³-hybridized carbons (Fsp3) is 0.143. The molecule has 2 heteroatoms. The molecule has 0 bridgehead atoms. The van der Waals surface area contributed by atoms with Crippen LogP contribution < -0.4 is 5.32 Å². The minimum Gasteiger partial charge on any atom is -0.354 e. The van der Waals surface area contributed by atoms with E-state index in [1.807, 2.05) is 24.3 Å². The van der Waals surface area contributed by atoms with E-state index in [4.69, 9.17) is 11.6 Å². The highest BCUT2D eigenvalue weighted by molar-refractivity contribution is 6.30. The van der Waals surface area contributed by atoms with E-state index in [0.717, 1.165) is 11.4 Å². The summed E-state index contributed by atoms with van der Waals surface area (Å²) in [6.07, 6.45) is 0. The van der Waals surface area contributed by atoms with Gasteiger partial charge >= 0.3 is 0 Å². The van der Waals surface area contributed by atoms with Crippen molar-refractivity contribution < 1.29 is 0 Å². The summed E-state index contributed by atoms with van der Waals surface area (Å²) < 4.78 is 0. The van der Waals surface area contributed by atoms with Crippen LogP contribution >= 0.6 is 11.6 Å². The summed E-state index contributed by atoms with van der Waals surface area (Å²) in [6.45, 7) is 6.78. The highest BCUT2D eigenvalue weighted by Crippen LogP contribution is 2.42. The first-order valence-corrected chi connectivity index (χ1v) is 10.6. The highest BCUT2D eigenvalue weighted by atomic mass is 35.5. The van der Waals surface area contributed by atoms with Gasteiger partial charge in [0.15, 0.2) is 0 Å². The highest BCUT2D eigenvalue weighted by Gasteiger charge is 2.20. The first kappa shape index (κ1) is 20.3. The molecule has 0 unspecified atom stereocenters. The average molecular weight is 412 g/mol. The maximum absolute atomic E-state index is 6.27. The average Bonchev–Trinajstić information content (AvgIpc) is 2.74. The maximum Gasteiger partial charge on any atom is 0.0543 e. The van der Waals surface area contributed by atoms with Crippen LogP contribution in [0.25, 0.3) is 22.3 Å². The number of hydrogen-bond donors (Lipinski definition) is 1. The summed E-state index contributed by atoms with van der Waals surface area (Å²) >= 11 is 6.27. The second-order valence-corrected chi connectivity index (χ2v) is 9.00. The molecule has 4 rings (SSSR count). The SMILES string of the molecule is CC(C)(C)c1cc(-c2ccccc2)c(Nc2cccc(Cl)c2)c(-c2ccccc2)c1. The number of rotatable bonds is 4. The molecule has 0 aromatic heterocycles. The van der Waals surface area contributed by atoms with Crippen molar-refractivity contribution in [1.29, 1.82) is 0 Å². The van der Waals surface area contributed by atoms with Crippen LogP contribution in [-0.4, -0.2) is 0 Å². The topological polar surface area (TPSA) is 12.0 Å². The van der Waals surface area contributed by atoms with Crippen LogP contribution in [0.1, 0.15) is 26.3 Å². The number of hydrogen-bond acceptors (Lipinski definition) is 1. The first-order chi connectivity index (χ1) is 14.4. The molecule has 4 aromatic carbocycles. The molecule has 0 heterocycles. The molecule has 1 N–H and O–H groups in total. The zero-order valence-corrected chi connectivity index (χ0v) is 18.4. The number of anilines is 2. The van der Waals surface area contributed by atoms with Gasteiger partial charge in [0, 0.05) is 21.8 Å². The van der Waals surface area contributed by atoms with Crippen LogP contribution in [0.2, 0.25) is 5.02 Å². The largest absolute Gasteiger partial charge is 0.354 e. The molecule has 0 saturated heterocycles. The third kappa shape index (κ3) is 4.42. The van der Waals surface area contributed by atoms with Crippen LogP contribution in [-0.2, 0) is 5.41 Å². The lowest BCUT2D eigenvalue weighted by molar-refractivity contribution is 0.591. The van der Waals surface area contributed by atoms with Gasteiger partial charge in [0.05, 0.1) is 5.69 Å². The van der Waals surface area contributed by atoms with Gasteiger partial charge in [-0.25, -0.2) is 0 Å². The zero-order valence-electron chi connectivity index (χ0n) is 17.6. The van der Waals surface area contributed by atoms with Crippen molar-refractivity contribution in [1.82, 2.24) is 0 Å². The van der Waals surface area contributed by atoms with Gasteiger partial charge in [-0.2, -0.15) is 0 Å². The smallest absolute Gasteiger partial charge is 0.0543 e. The Kier molecular flexibility index (Phi) is 5.65. The second-order valence-electron chi connectivity index (χ2n) is 8.56. The van der Waals surface area contributed by atoms with E-state index in [2.05, 4.69) is 98.9 Å². The lowest BCUT2D eigenvalue weighted by Gasteiger charge is -2.25. The summed E-state index contributed by atoms with van der Waals surface area (Å²) in [6, 6.07) is 33.6.